The van der Waals surface area contributed by atoms with Crippen LogP contribution in [0.2, 0.25) is 0 Å². The highest BCUT2D eigenvalue weighted by molar-refractivity contribution is 7.89. The summed E-state index contributed by atoms with van der Waals surface area (Å²) in [6.07, 6.45) is 0.415. The fraction of sp³-hybridized carbons (Fsp3) is 0.529. The van der Waals surface area contributed by atoms with Crippen molar-refractivity contribution in [3.05, 3.63) is 23.8 Å². The first-order valence-electron chi connectivity index (χ1n) is 8.60. The van der Waals surface area contributed by atoms with Gasteiger partial charge in [-0.1, -0.05) is 19.9 Å². The van der Waals surface area contributed by atoms with Crippen LogP contribution < -0.4 is 5.32 Å². The van der Waals surface area contributed by atoms with E-state index in [1.54, 1.807) is 32.9 Å². The lowest BCUT2D eigenvalue weighted by molar-refractivity contribution is -0.141. The second kappa shape index (κ2) is 8.05. The molecule has 1 aromatic rings. The van der Waals surface area contributed by atoms with Gasteiger partial charge in [0.1, 0.15) is 0 Å². The molecule has 1 aliphatic heterocycles. The van der Waals surface area contributed by atoms with E-state index >= 15 is 0 Å². The predicted molar refractivity (Wildman–Crippen MR) is 97.6 cm³/mol. The van der Waals surface area contributed by atoms with Crippen LogP contribution in [-0.2, 0) is 14.8 Å². The first kappa shape index (κ1) is 20.2. The number of likely N-dealkylation sites (tertiary alicyclic amines) is 1. The third-order valence-corrected chi connectivity index (χ3v) is 6.78. The Labute approximate surface area is 153 Å². The summed E-state index contributed by atoms with van der Waals surface area (Å²) in [4.78, 5) is 24.9. The lowest BCUT2D eigenvalue weighted by Gasteiger charge is -2.21. The molecule has 1 atom stereocenters. The molecular weight excluding hydrogens is 358 g/mol. The maximum absolute atomic E-state index is 12.8. The van der Waals surface area contributed by atoms with E-state index < -0.39 is 27.9 Å². The molecule has 0 radical (unpaired) electrons. The van der Waals surface area contributed by atoms with E-state index in [0.717, 1.165) is 0 Å². The third-order valence-electron chi connectivity index (χ3n) is 4.59. The van der Waals surface area contributed by atoms with Crippen LogP contribution in [-0.4, -0.2) is 60.9 Å². The first-order valence-corrected chi connectivity index (χ1v) is 10.0. The van der Waals surface area contributed by atoms with Gasteiger partial charge < -0.3 is 15.3 Å². The molecule has 0 saturated carbocycles. The van der Waals surface area contributed by atoms with Crippen molar-refractivity contribution in [3.63, 3.8) is 0 Å². The number of aliphatic carboxylic acids is 1. The molecule has 144 valence electrons. The monoisotopic (exact) mass is 383 g/mol. The predicted octanol–water partition coefficient (Wildman–Crippen LogP) is 1.96. The summed E-state index contributed by atoms with van der Waals surface area (Å²) in [6.45, 7) is 6.48. The molecule has 2 N–H and O–H groups in total. The van der Waals surface area contributed by atoms with Crippen molar-refractivity contribution < 1.29 is 23.1 Å². The minimum Gasteiger partial charge on any atom is -0.481 e. The van der Waals surface area contributed by atoms with Gasteiger partial charge in [-0.15, -0.1) is 0 Å². The number of urea groups is 1. The molecule has 1 saturated heterocycles. The van der Waals surface area contributed by atoms with Gasteiger partial charge in [-0.2, -0.15) is 4.31 Å². The van der Waals surface area contributed by atoms with Gasteiger partial charge in [-0.05, 0) is 31.0 Å². The molecule has 0 bridgehead atoms. The Kier molecular flexibility index (Phi) is 6.25. The van der Waals surface area contributed by atoms with Gasteiger partial charge in [0.05, 0.1) is 10.8 Å². The molecule has 2 amide bonds. The number of sulfonamides is 1. The fourth-order valence-corrected chi connectivity index (χ4v) is 4.72. The number of carbonyl (C=O) groups is 2. The number of nitrogens with zero attached hydrogens (tertiary/aromatic N) is 2. The zero-order valence-electron chi connectivity index (χ0n) is 15.2. The van der Waals surface area contributed by atoms with Gasteiger partial charge in [-0.25, -0.2) is 13.2 Å². The molecule has 1 aromatic carbocycles. The zero-order chi connectivity index (χ0) is 19.5. The molecule has 1 fully saturated rings. The largest absolute Gasteiger partial charge is 0.481 e. The van der Waals surface area contributed by atoms with E-state index in [2.05, 4.69) is 5.32 Å². The highest BCUT2D eigenvalue weighted by Crippen LogP contribution is 2.24. The normalized spacial score (nSPS) is 17.5. The fourth-order valence-electron chi connectivity index (χ4n) is 3.01. The number of carboxylic acids is 1. The van der Waals surface area contributed by atoms with Gasteiger partial charge in [0.2, 0.25) is 10.0 Å². The molecule has 26 heavy (non-hydrogen) atoms. The highest BCUT2D eigenvalue weighted by Gasteiger charge is 2.31. The molecular formula is C17H25N3O5S. The maximum Gasteiger partial charge on any atom is 0.321 e. The molecule has 0 spiro atoms. The van der Waals surface area contributed by atoms with Crippen LogP contribution in [0.3, 0.4) is 0 Å². The van der Waals surface area contributed by atoms with Crippen molar-refractivity contribution in [1.82, 2.24) is 9.21 Å². The Balaban J connectivity index is 2.20. The van der Waals surface area contributed by atoms with E-state index in [1.807, 2.05) is 0 Å². The third kappa shape index (κ3) is 4.16. The van der Waals surface area contributed by atoms with Crippen LogP contribution in [0.5, 0.6) is 0 Å². The second-order valence-corrected chi connectivity index (χ2v) is 8.18. The number of anilines is 1. The van der Waals surface area contributed by atoms with Crippen LogP contribution in [0.4, 0.5) is 10.5 Å². The van der Waals surface area contributed by atoms with E-state index in [-0.39, 0.29) is 11.4 Å². The molecule has 8 nitrogen and oxygen atoms in total. The number of nitrogens with one attached hydrogen (secondary N) is 1. The van der Waals surface area contributed by atoms with Crippen molar-refractivity contribution in [1.29, 1.82) is 0 Å². The van der Waals surface area contributed by atoms with Crippen molar-refractivity contribution in [2.24, 2.45) is 5.92 Å². The standard InChI is InChI=1S/C17H25N3O5S/c1-4-20(5-2)26(24,25)15-10-14(7-6-12(15)3)18-17(23)19-9-8-13(11-19)16(21)22/h6-7,10,13H,4-5,8-9,11H2,1-3H3,(H,18,23)(H,21,22). The van der Waals surface area contributed by atoms with Crippen molar-refractivity contribution >= 4 is 27.7 Å². The minimum absolute atomic E-state index is 0.150. The SMILES string of the molecule is CCN(CC)S(=O)(=O)c1cc(NC(=O)N2CCC(C(=O)O)C2)ccc1C. The number of hydrogen-bond donors (Lipinski definition) is 2. The van der Waals surface area contributed by atoms with Crippen LogP contribution in [0, 0.1) is 12.8 Å². The Morgan fingerprint density at radius 3 is 2.50 bits per heavy atom. The van der Waals surface area contributed by atoms with Crippen LogP contribution in [0.25, 0.3) is 0 Å². The van der Waals surface area contributed by atoms with Gasteiger partial charge in [0.25, 0.3) is 0 Å². The van der Waals surface area contributed by atoms with E-state index in [0.29, 0.717) is 37.3 Å². The number of carbonyl (C=O) groups excluding carboxylic acids is 1. The molecule has 2 rings (SSSR count). The van der Waals surface area contributed by atoms with Crippen LogP contribution in [0.1, 0.15) is 25.8 Å². The number of hydrogen-bond acceptors (Lipinski definition) is 4. The zero-order valence-corrected chi connectivity index (χ0v) is 16.0. The van der Waals surface area contributed by atoms with Crippen molar-refractivity contribution in [2.75, 3.05) is 31.5 Å². The van der Waals surface area contributed by atoms with Crippen LogP contribution >= 0.6 is 0 Å². The Hall–Kier alpha value is -2.13. The van der Waals surface area contributed by atoms with Gasteiger partial charge in [0.15, 0.2) is 0 Å². The first-order chi connectivity index (χ1) is 12.2. The lowest BCUT2D eigenvalue weighted by atomic mass is 10.1. The number of benzene rings is 1. The summed E-state index contributed by atoms with van der Waals surface area (Å²) in [6, 6.07) is 4.31. The summed E-state index contributed by atoms with van der Waals surface area (Å²) in [5, 5.41) is 11.7. The van der Waals surface area contributed by atoms with Gasteiger partial charge in [-0.3, -0.25) is 4.79 Å². The van der Waals surface area contributed by atoms with E-state index in [4.69, 9.17) is 5.11 Å². The van der Waals surface area contributed by atoms with Crippen LogP contribution in [0.15, 0.2) is 23.1 Å². The minimum atomic E-state index is -3.64. The van der Waals surface area contributed by atoms with Gasteiger partial charge in [0, 0.05) is 31.9 Å². The quantitative estimate of drug-likeness (QED) is 0.781. The Morgan fingerprint density at radius 2 is 1.96 bits per heavy atom. The average molecular weight is 383 g/mol. The summed E-state index contributed by atoms with van der Waals surface area (Å²) in [5.41, 5.74) is 0.965. The number of rotatable bonds is 6. The molecule has 1 heterocycles. The summed E-state index contributed by atoms with van der Waals surface area (Å²) < 4.78 is 26.9. The summed E-state index contributed by atoms with van der Waals surface area (Å²) >= 11 is 0. The topological polar surface area (TPSA) is 107 Å². The smallest absolute Gasteiger partial charge is 0.321 e. The number of carboxylic acid groups (broad SMARTS) is 1. The Bertz CT molecular complexity index is 790. The van der Waals surface area contributed by atoms with E-state index in [9.17, 15) is 18.0 Å². The summed E-state index contributed by atoms with van der Waals surface area (Å²) in [5.74, 6) is -1.47. The second-order valence-electron chi connectivity index (χ2n) is 6.27. The molecule has 0 aliphatic carbocycles. The summed E-state index contributed by atoms with van der Waals surface area (Å²) in [7, 11) is -3.64. The molecule has 1 aliphatic rings. The highest BCUT2D eigenvalue weighted by atomic mass is 32.2. The lowest BCUT2D eigenvalue weighted by Crippen LogP contribution is -2.34. The number of aryl methyl sites for hydroxylation is 1. The van der Waals surface area contributed by atoms with Crippen molar-refractivity contribution in [3.8, 4) is 0 Å². The molecule has 0 aromatic heterocycles. The van der Waals surface area contributed by atoms with E-state index in [1.165, 1.54) is 15.3 Å². The average Bonchev–Trinajstić information content (AvgIpc) is 3.07. The van der Waals surface area contributed by atoms with Crippen molar-refractivity contribution in [2.45, 2.75) is 32.1 Å². The maximum atomic E-state index is 12.8. The Morgan fingerprint density at radius 1 is 1.31 bits per heavy atom. The number of amides is 2. The molecule has 9 heteroatoms. The van der Waals surface area contributed by atoms with Gasteiger partial charge >= 0.3 is 12.0 Å². The molecule has 1 unspecified atom stereocenters.